The molecule has 1 aliphatic carbocycles. The molecule has 0 unspecified atom stereocenters. The molecule has 3 rings (SSSR count). The fourth-order valence-electron chi connectivity index (χ4n) is 2.93. The average Bonchev–Trinajstić information content (AvgIpc) is 2.98. The van der Waals surface area contributed by atoms with E-state index in [4.69, 9.17) is 4.74 Å². The highest BCUT2D eigenvalue weighted by molar-refractivity contribution is 5.92. The van der Waals surface area contributed by atoms with Crippen LogP contribution >= 0.6 is 0 Å². The predicted molar refractivity (Wildman–Crippen MR) is 86.3 cm³/mol. The largest absolute Gasteiger partial charge is 0.489 e. The summed E-state index contributed by atoms with van der Waals surface area (Å²) in [5, 5.41) is 3.09. The molecule has 2 aromatic heterocycles. The number of carbonyl (C=O) groups is 1. The van der Waals surface area contributed by atoms with Crippen LogP contribution in [0, 0.1) is 6.92 Å². The highest BCUT2D eigenvalue weighted by Crippen LogP contribution is 2.25. The average molecular weight is 314 g/mol. The molecule has 0 radical (unpaired) electrons. The number of ether oxygens (including phenoxy) is 1. The van der Waals surface area contributed by atoms with Gasteiger partial charge < -0.3 is 14.6 Å². The Morgan fingerprint density at radius 1 is 1.35 bits per heavy atom. The van der Waals surface area contributed by atoms with Crippen molar-refractivity contribution in [1.29, 1.82) is 0 Å². The quantitative estimate of drug-likeness (QED) is 0.939. The Morgan fingerprint density at radius 2 is 2.13 bits per heavy atom. The van der Waals surface area contributed by atoms with Crippen molar-refractivity contribution < 1.29 is 9.53 Å². The molecule has 1 fully saturated rings. The van der Waals surface area contributed by atoms with Gasteiger partial charge in [-0.3, -0.25) is 9.78 Å². The molecule has 1 N–H and O–H groups in total. The van der Waals surface area contributed by atoms with E-state index in [2.05, 4.69) is 15.3 Å². The summed E-state index contributed by atoms with van der Waals surface area (Å²) < 4.78 is 7.77. The molecule has 2 aromatic rings. The minimum absolute atomic E-state index is 0.0579. The number of hydrogen-bond donors (Lipinski definition) is 1. The lowest BCUT2D eigenvalue weighted by Crippen LogP contribution is -2.40. The van der Waals surface area contributed by atoms with Gasteiger partial charge in [-0.25, -0.2) is 4.98 Å². The lowest BCUT2D eigenvalue weighted by molar-refractivity contribution is 0.0885. The SMILES string of the molecule is Cc1ncccc1OC1CCC(NC(=O)c2cncn2C)CC1. The normalized spacial score (nSPS) is 21.0. The van der Waals surface area contributed by atoms with Crippen molar-refractivity contribution in [2.24, 2.45) is 7.05 Å². The van der Waals surface area contributed by atoms with Crippen LogP contribution in [-0.4, -0.2) is 32.6 Å². The van der Waals surface area contributed by atoms with Gasteiger partial charge in [-0.2, -0.15) is 0 Å². The van der Waals surface area contributed by atoms with Crippen LogP contribution < -0.4 is 10.1 Å². The molecule has 1 saturated carbocycles. The summed E-state index contributed by atoms with van der Waals surface area (Å²) in [6.45, 7) is 1.95. The highest BCUT2D eigenvalue weighted by Gasteiger charge is 2.25. The first-order valence-electron chi connectivity index (χ1n) is 7.99. The zero-order valence-corrected chi connectivity index (χ0v) is 13.5. The van der Waals surface area contributed by atoms with Crippen molar-refractivity contribution in [1.82, 2.24) is 19.9 Å². The van der Waals surface area contributed by atoms with E-state index in [9.17, 15) is 4.79 Å². The third kappa shape index (κ3) is 3.70. The number of hydrogen-bond acceptors (Lipinski definition) is 4. The second-order valence-electron chi connectivity index (χ2n) is 6.04. The minimum Gasteiger partial charge on any atom is -0.489 e. The molecule has 0 atom stereocenters. The number of aryl methyl sites for hydroxylation is 2. The molecule has 6 heteroatoms. The molecule has 1 aliphatic rings. The summed E-state index contributed by atoms with van der Waals surface area (Å²) in [4.78, 5) is 20.4. The summed E-state index contributed by atoms with van der Waals surface area (Å²) in [7, 11) is 1.82. The van der Waals surface area contributed by atoms with Crippen LogP contribution in [0.2, 0.25) is 0 Å². The number of carbonyl (C=O) groups excluding carboxylic acids is 1. The number of rotatable bonds is 4. The molecule has 0 bridgehead atoms. The molecule has 0 aliphatic heterocycles. The summed E-state index contributed by atoms with van der Waals surface area (Å²) in [5.74, 6) is 0.798. The van der Waals surface area contributed by atoms with Crippen molar-refractivity contribution in [3.05, 3.63) is 42.2 Å². The third-order valence-electron chi connectivity index (χ3n) is 4.31. The number of amides is 1. The van der Waals surface area contributed by atoms with Crippen LogP contribution in [0.25, 0.3) is 0 Å². The Hall–Kier alpha value is -2.37. The first-order chi connectivity index (χ1) is 11.1. The van der Waals surface area contributed by atoms with E-state index in [0.29, 0.717) is 5.69 Å². The van der Waals surface area contributed by atoms with Gasteiger partial charge in [0.1, 0.15) is 11.4 Å². The first-order valence-corrected chi connectivity index (χ1v) is 7.99. The second kappa shape index (κ2) is 6.81. The molecular weight excluding hydrogens is 292 g/mol. The molecule has 122 valence electrons. The van der Waals surface area contributed by atoms with E-state index in [-0.39, 0.29) is 18.1 Å². The number of imidazole rings is 1. The maximum Gasteiger partial charge on any atom is 0.269 e. The number of nitrogens with one attached hydrogen (secondary N) is 1. The Labute approximate surface area is 135 Å². The number of nitrogens with zero attached hydrogens (tertiary/aromatic N) is 3. The van der Waals surface area contributed by atoms with Crippen LogP contribution in [-0.2, 0) is 7.05 Å². The van der Waals surface area contributed by atoms with Crippen molar-refractivity contribution in [2.45, 2.75) is 44.8 Å². The molecule has 2 heterocycles. The topological polar surface area (TPSA) is 69.0 Å². The highest BCUT2D eigenvalue weighted by atomic mass is 16.5. The van der Waals surface area contributed by atoms with Crippen molar-refractivity contribution >= 4 is 5.91 Å². The lowest BCUT2D eigenvalue weighted by Gasteiger charge is -2.29. The fraction of sp³-hybridized carbons (Fsp3) is 0.471. The van der Waals surface area contributed by atoms with Crippen molar-refractivity contribution in [2.75, 3.05) is 0 Å². The summed E-state index contributed by atoms with van der Waals surface area (Å²) in [5.41, 5.74) is 1.51. The van der Waals surface area contributed by atoms with Crippen LogP contribution in [0.4, 0.5) is 0 Å². The van der Waals surface area contributed by atoms with E-state index >= 15 is 0 Å². The van der Waals surface area contributed by atoms with Gasteiger partial charge in [0.25, 0.3) is 5.91 Å². The van der Waals surface area contributed by atoms with E-state index in [1.165, 1.54) is 0 Å². The van der Waals surface area contributed by atoms with Gasteiger partial charge in [-0.15, -0.1) is 0 Å². The zero-order chi connectivity index (χ0) is 16.2. The standard InChI is InChI=1S/C17H22N4O2/c1-12-16(4-3-9-19-12)23-14-7-5-13(6-8-14)20-17(22)15-10-18-11-21(15)2/h3-4,9-11,13-14H,5-8H2,1-2H3,(H,20,22). The molecule has 1 amide bonds. The van der Waals surface area contributed by atoms with Crippen molar-refractivity contribution in [3.63, 3.8) is 0 Å². The zero-order valence-electron chi connectivity index (χ0n) is 13.5. The first kappa shape index (κ1) is 15.5. The smallest absolute Gasteiger partial charge is 0.269 e. The maximum atomic E-state index is 12.2. The Morgan fingerprint density at radius 3 is 2.78 bits per heavy atom. The summed E-state index contributed by atoms with van der Waals surface area (Å²) >= 11 is 0. The monoisotopic (exact) mass is 314 g/mol. The van der Waals surface area contributed by atoms with Crippen LogP contribution in [0.3, 0.4) is 0 Å². The second-order valence-corrected chi connectivity index (χ2v) is 6.04. The molecule has 23 heavy (non-hydrogen) atoms. The summed E-state index contributed by atoms with van der Waals surface area (Å²) in [6, 6.07) is 4.05. The molecule has 0 saturated heterocycles. The van der Waals surface area contributed by atoms with Gasteiger partial charge >= 0.3 is 0 Å². The summed E-state index contributed by atoms with van der Waals surface area (Å²) in [6.07, 6.45) is 8.91. The Balaban J connectivity index is 1.50. The van der Waals surface area contributed by atoms with Gasteiger partial charge in [-0.05, 0) is 44.7 Å². The van der Waals surface area contributed by atoms with E-state index in [1.54, 1.807) is 23.3 Å². The molecular formula is C17H22N4O2. The number of aromatic nitrogens is 3. The van der Waals surface area contributed by atoms with Gasteiger partial charge in [0.15, 0.2) is 0 Å². The van der Waals surface area contributed by atoms with Gasteiger partial charge in [0, 0.05) is 19.3 Å². The Bertz CT molecular complexity index is 675. The van der Waals surface area contributed by atoms with E-state index < -0.39 is 0 Å². The minimum atomic E-state index is -0.0579. The van der Waals surface area contributed by atoms with Gasteiger partial charge in [0.05, 0.1) is 24.3 Å². The maximum absolute atomic E-state index is 12.2. The predicted octanol–water partition coefficient (Wildman–Crippen LogP) is 2.24. The molecule has 0 spiro atoms. The van der Waals surface area contributed by atoms with Crippen LogP contribution in [0.5, 0.6) is 5.75 Å². The van der Waals surface area contributed by atoms with Gasteiger partial charge in [0.2, 0.25) is 0 Å². The van der Waals surface area contributed by atoms with Gasteiger partial charge in [-0.1, -0.05) is 0 Å². The van der Waals surface area contributed by atoms with Crippen LogP contribution in [0.1, 0.15) is 41.9 Å². The fourth-order valence-corrected chi connectivity index (χ4v) is 2.93. The lowest BCUT2D eigenvalue weighted by atomic mass is 9.93. The van der Waals surface area contributed by atoms with Crippen molar-refractivity contribution in [3.8, 4) is 5.75 Å². The van der Waals surface area contributed by atoms with E-state index in [0.717, 1.165) is 37.1 Å². The molecule has 6 nitrogen and oxygen atoms in total. The molecule has 0 aromatic carbocycles. The number of pyridine rings is 1. The van der Waals surface area contributed by atoms with E-state index in [1.807, 2.05) is 26.1 Å². The van der Waals surface area contributed by atoms with Crippen LogP contribution in [0.15, 0.2) is 30.9 Å². The third-order valence-corrected chi connectivity index (χ3v) is 4.31. The Kier molecular flexibility index (Phi) is 4.60.